The lowest BCUT2D eigenvalue weighted by Gasteiger charge is -2.20. The van der Waals surface area contributed by atoms with Crippen molar-refractivity contribution in [2.45, 2.75) is 315 Å². The van der Waals surface area contributed by atoms with E-state index in [1.54, 1.807) is 0 Å². The average Bonchev–Trinajstić information content (AvgIpc) is 3.33. The molecule has 0 aromatic rings. The topological polar surface area (TPSA) is 149 Å². The number of hydrogen-bond acceptors (Lipinski definition) is 9. The van der Waals surface area contributed by atoms with Crippen LogP contribution in [-0.2, 0) is 32.7 Å². The third kappa shape index (κ3) is 52.5. The van der Waals surface area contributed by atoms with Crippen LogP contribution in [0.3, 0.4) is 0 Å². The Hall–Kier alpha value is -1.29. The van der Waals surface area contributed by atoms with E-state index in [0.29, 0.717) is 12.8 Å². The molecule has 0 saturated carbocycles. The van der Waals surface area contributed by atoms with Crippen molar-refractivity contribution in [1.82, 2.24) is 0 Å². The normalized spacial score (nSPS) is 13.5. The summed E-state index contributed by atoms with van der Waals surface area (Å²) < 4.78 is 33.0. The molecule has 404 valence electrons. The van der Waals surface area contributed by atoms with Gasteiger partial charge in [-0.3, -0.25) is 18.6 Å². The van der Waals surface area contributed by atoms with Gasteiger partial charge in [0.25, 0.3) is 0 Å². The van der Waals surface area contributed by atoms with Crippen LogP contribution < -0.4 is 0 Å². The highest BCUT2D eigenvalue weighted by molar-refractivity contribution is 7.47. The Balaban J connectivity index is 4.05. The molecule has 0 radical (unpaired) electrons. The van der Waals surface area contributed by atoms with Crippen molar-refractivity contribution < 1.29 is 47.8 Å². The summed E-state index contributed by atoms with van der Waals surface area (Å²) in [6.45, 7) is 2.46. The smallest absolute Gasteiger partial charge is 0.462 e. The molecule has 0 saturated heterocycles. The Kier molecular flexibility index (Phi) is 52.5. The fourth-order valence-corrected chi connectivity index (χ4v) is 9.49. The molecule has 68 heavy (non-hydrogen) atoms. The summed E-state index contributed by atoms with van der Waals surface area (Å²) in [7, 11) is -4.62. The number of carbonyl (C=O) groups is 2. The molecule has 3 unspecified atom stereocenters. The second-order valence-electron chi connectivity index (χ2n) is 20.0. The fraction of sp³-hybridized carbons (Fsp3) is 0.930. The summed E-state index contributed by atoms with van der Waals surface area (Å²) in [6, 6.07) is 0. The predicted molar refractivity (Wildman–Crippen MR) is 284 cm³/mol. The van der Waals surface area contributed by atoms with Crippen molar-refractivity contribution in [3.63, 3.8) is 0 Å². The molecule has 11 heteroatoms. The molecule has 0 amide bonds. The molecule has 0 aliphatic heterocycles. The molecule has 0 spiro atoms. The molecule has 0 fully saturated rings. The van der Waals surface area contributed by atoms with Crippen LogP contribution in [0.1, 0.15) is 303 Å². The Labute approximate surface area is 419 Å². The molecule has 0 aromatic heterocycles. The van der Waals surface area contributed by atoms with Crippen LogP contribution in [-0.4, -0.2) is 65.7 Å². The van der Waals surface area contributed by atoms with E-state index in [1.807, 2.05) is 0 Å². The van der Waals surface area contributed by atoms with Crippen LogP contribution in [0.15, 0.2) is 12.2 Å². The van der Waals surface area contributed by atoms with E-state index in [2.05, 4.69) is 26.0 Å². The Morgan fingerprint density at radius 2 is 0.721 bits per heavy atom. The Morgan fingerprint density at radius 3 is 1.06 bits per heavy atom. The highest BCUT2D eigenvalue weighted by Gasteiger charge is 2.27. The van der Waals surface area contributed by atoms with Crippen LogP contribution in [0, 0.1) is 0 Å². The SMILES string of the molecule is CCCCCCCCCC/C=C\CCCCCCCCCCCC(=O)OC(COC(=O)CCCCCCCCCCCCCCCCCCCCCCCCCC)COP(=O)(O)OCC(O)CO. The van der Waals surface area contributed by atoms with Gasteiger partial charge >= 0.3 is 19.8 Å². The minimum Gasteiger partial charge on any atom is -0.462 e. The van der Waals surface area contributed by atoms with Gasteiger partial charge in [0.1, 0.15) is 12.7 Å². The van der Waals surface area contributed by atoms with Crippen molar-refractivity contribution in [2.75, 3.05) is 26.4 Å². The molecule has 3 atom stereocenters. The highest BCUT2D eigenvalue weighted by atomic mass is 31.2. The number of carbonyl (C=O) groups excluding carboxylic acids is 2. The first-order valence-electron chi connectivity index (χ1n) is 29.1. The zero-order chi connectivity index (χ0) is 49.7. The van der Waals surface area contributed by atoms with Crippen molar-refractivity contribution in [3.8, 4) is 0 Å². The number of aliphatic hydroxyl groups is 2. The van der Waals surface area contributed by atoms with Crippen LogP contribution in [0.5, 0.6) is 0 Å². The van der Waals surface area contributed by atoms with Gasteiger partial charge in [0.05, 0.1) is 19.8 Å². The minimum atomic E-state index is -4.62. The Morgan fingerprint density at radius 1 is 0.426 bits per heavy atom. The zero-order valence-corrected chi connectivity index (χ0v) is 45.5. The van der Waals surface area contributed by atoms with Gasteiger partial charge in [0.2, 0.25) is 0 Å². The van der Waals surface area contributed by atoms with E-state index in [0.717, 1.165) is 32.1 Å². The predicted octanol–water partition coefficient (Wildman–Crippen LogP) is 17.1. The molecule has 0 rings (SSSR count). The first-order valence-corrected chi connectivity index (χ1v) is 30.6. The first-order chi connectivity index (χ1) is 33.2. The molecule has 0 aliphatic rings. The van der Waals surface area contributed by atoms with Crippen molar-refractivity contribution in [2.24, 2.45) is 0 Å². The average molecular weight is 987 g/mol. The molecular formula is C57H111O10P. The zero-order valence-electron chi connectivity index (χ0n) is 44.6. The number of phosphoric acid groups is 1. The first kappa shape index (κ1) is 66.7. The third-order valence-corrected chi connectivity index (χ3v) is 14.1. The van der Waals surface area contributed by atoms with Gasteiger partial charge in [0, 0.05) is 12.8 Å². The number of unbranched alkanes of at least 4 members (excludes halogenated alkanes) is 40. The lowest BCUT2D eigenvalue weighted by atomic mass is 10.0. The molecule has 0 bridgehead atoms. The minimum absolute atomic E-state index is 0.187. The van der Waals surface area contributed by atoms with Crippen LogP contribution in [0.2, 0.25) is 0 Å². The number of allylic oxidation sites excluding steroid dienone is 2. The lowest BCUT2D eigenvalue weighted by Crippen LogP contribution is -2.29. The highest BCUT2D eigenvalue weighted by Crippen LogP contribution is 2.43. The largest absolute Gasteiger partial charge is 0.472 e. The number of esters is 2. The molecule has 0 aromatic carbocycles. The maximum absolute atomic E-state index is 12.7. The number of ether oxygens (including phenoxy) is 2. The van der Waals surface area contributed by atoms with Gasteiger partial charge in [-0.05, 0) is 38.5 Å². The van der Waals surface area contributed by atoms with Gasteiger partial charge < -0.3 is 24.6 Å². The van der Waals surface area contributed by atoms with E-state index in [4.69, 9.17) is 23.6 Å². The standard InChI is InChI=1S/C57H111O10P/c1-3-5-7-9-11-13-15-17-19-21-23-25-26-27-29-30-32-34-36-38-40-42-44-46-48-56(60)64-52-55(53-66-68(62,63)65-51-54(59)50-58)67-57(61)49-47-45-43-41-39-37-35-33-31-28-24-22-20-18-16-14-12-10-8-6-4-2/h22,24,54-55,58-59H,3-21,23,25-53H2,1-2H3,(H,62,63)/b24-22-. The number of aliphatic hydroxyl groups excluding tert-OH is 2. The van der Waals surface area contributed by atoms with Crippen LogP contribution in [0.4, 0.5) is 0 Å². The number of phosphoric ester groups is 1. The quantitative estimate of drug-likeness (QED) is 0.0233. The maximum Gasteiger partial charge on any atom is 0.472 e. The molecular weight excluding hydrogens is 876 g/mol. The maximum atomic E-state index is 12.7. The van der Waals surface area contributed by atoms with Crippen LogP contribution in [0.25, 0.3) is 0 Å². The van der Waals surface area contributed by atoms with Crippen molar-refractivity contribution >= 4 is 19.8 Å². The third-order valence-electron chi connectivity index (χ3n) is 13.2. The van der Waals surface area contributed by atoms with E-state index < -0.39 is 51.8 Å². The summed E-state index contributed by atoms with van der Waals surface area (Å²) in [5.74, 6) is -0.906. The summed E-state index contributed by atoms with van der Waals surface area (Å²) in [6.07, 6.45) is 57.6. The van der Waals surface area contributed by atoms with Crippen molar-refractivity contribution in [1.29, 1.82) is 0 Å². The van der Waals surface area contributed by atoms with E-state index in [1.165, 1.54) is 231 Å². The second kappa shape index (κ2) is 53.5. The molecule has 3 N–H and O–H groups in total. The lowest BCUT2D eigenvalue weighted by molar-refractivity contribution is -0.161. The van der Waals surface area contributed by atoms with Gasteiger partial charge in [-0.2, -0.15) is 0 Å². The van der Waals surface area contributed by atoms with Gasteiger partial charge in [-0.15, -0.1) is 0 Å². The summed E-state index contributed by atoms with van der Waals surface area (Å²) in [4.78, 5) is 35.3. The molecule has 0 aliphatic carbocycles. The second-order valence-corrected chi connectivity index (χ2v) is 21.5. The van der Waals surface area contributed by atoms with Gasteiger partial charge in [-0.25, -0.2) is 4.57 Å². The Bertz CT molecular complexity index is 1140. The fourth-order valence-electron chi connectivity index (χ4n) is 8.70. The number of rotatable bonds is 56. The summed E-state index contributed by atoms with van der Waals surface area (Å²) in [5.41, 5.74) is 0. The van der Waals surface area contributed by atoms with Crippen LogP contribution >= 0.6 is 7.82 Å². The summed E-state index contributed by atoms with van der Waals surface area (Å²) in [5, 5.41) is 18.4. The van der Waals surface area contributed by atoms with E-state index in [-0.39, 0.29) is 19.4 Å². The molecule has 10 nitrogen and oxygen atoms in total. The van der Waals surface area contributed by atoms with E-state index >= 15 is 0 Å². The van der Waals surface area contributed by atoms with Crippen molar-refractivity contribution in [3.05, 3.63) is 12.2 Å². The number of hydrogen-bond donors (Lipinski definition) is 3. The summed E-state index contributed by atoms with van der Waals surface area (Å²) >= 11 is 0. The van der Waals surface area contributed by atoms with Gasteiger partial charge in [-0.1, -0.05) is 264 Å². The van der Waals surface area contributed by atoms with E-state index in [9.17, 15) is 24.2 Å². The van der Waals surface area contributed by atoms with Gasteiger partial charge in [0.15, 0.2) is 6.10 Å². The monoisotopic (exact) mass is 987 g/mol. The molecule has 0 heterocycles.